The fraction of sp³-hybridized carbons (Fsp3) is 0.167. The summed E-state index contributed by atoms with van der Waals surface area (Å²) in [5.41, 5.74) is 7.26. The molecule has 7 heteroatoms. The molecule has 96 valence electrons. The molecule has 6 nitrogen and oxygen atoms in total. The van der Waals surface area contributed by atoms with Crippen LogP contribution in [0.4, 0.5) is 5.95 Å². The number of hydrogen-bond acceptors (Lipinski definition) is 6. The van der Waals surface area contributed by atoms with Gasteiger partial charge in [-0.25, -0.2) is 0 Å². The van der Waals surface area contributed by atoms with Crippen LogP contribution in [0.1, 0.15) is 16.8 Å². The number of anilines is 1. The first-order chi connectivity index (χ1) is 9.11. The van der Waals surface area contributed by atoms with E-state index in [-0.39, 0.29) is 29.2 Å². The zero-order valence-corrected chi connectivity index (χ0v) is 10.8. The molecule has 2 heterocycles. The van der Waals surface area contributed by atoms with Gasteiger partial charge in [0.2, 0.25) is 11.8 Å². The van der Waals surface area contributed by atoms with Gasteiger partial charge in [-0.15, -0.1) is 0 Å². The molecule has 0 saturated carbocycles. The summed E-state index contributed by atoms with van der Waals surface area (Å²) in [4.78, 5) is 11.7. The van der Waals surface area contributed by atoms with Gasteiger partial charge in [0.15, 0.2) is 10.7 Å². The van der Waals surface area contributed by atoms with Crippen molar-refractivity contribution in [2.45, 2.75) is 13.5 Å². The van der Waals surface area contributed by atoms with Gasteiger partial charge in [-0.05, 0) is 18.6 Å². The van der Waals surface area contributed by atoms with E-state index in [0.29, 0.717) is 0 Å². The Morgan fingerprint density at radius 3 is 2.95 bits per heavy atom. The summed E-state index contributed by atoms with van der Waals surface area (Å²) in [6.07, 6.45) is 1.66. The molecule has 0 amide bonds. The standard InChI is InChI=1S/C12H10ClN5O/c1-7-3-2-4-16-9(7)6-19-11-8(5-14)10(13)17-12(15)18-11/h2-4H,6H2,1H3,(H2,15,17,18). The molecule has 0 atom stereocenters. The maximum absolute atomic E-state index is 8.99. The van der Waals surface area contributed by atoms with Crippen molar-refractivity contribution < 1.29 is 4.74 Å². The molecule has 2 rings (SSSR count). The van der Waals surface area contributed by atoms with Crippen LogP contribution < -0.4 is 10.5 Å². The maximum atomic E-state index is 8.99. The normalized spacial score (nSPS) is 9.95. The summed E-state index contributed by atoms with van der Waals surface area (Å²) in [6, 6.07) is 5.63. The minimum absolute atomic E-state index is 0.0252. The molecule has 0 spiro atoms. The van der Waals surface area contributed by atoms with Crippen molar-refractivity contribution >= 4 is 17.5 Å². The third kappa shape index (κ3) is 2.89. The Bertz CT molecular complexity index is 653. The molecule has 19 heavy (non-hydrogen) atoms. The molecule has 0 fully saturated rings. The van der Waals surface area contributed by atoms with Crippen LogP contribution in [0.3, 0.4) is 0 Å². The number of hydrogen-bond donors (Lipinski definition) is 1. The Hall–Kier alpha value is -2.39. The molecule has 0 saturated heterocycles. The maximum Gasteiger partial charge on any atom is 0.238 e. The van der Waals surface area contributed by atoms with Gasteiger partial charge >= 0.3 is 0 Å². The SMILES string of the molecule is Cc1cccnc1COc1nc(N)nc(Cl)c1C#N. The lowest BCUT2D eigenvalue weighted by atomic mass is 10.2. The van der Waals surface area contributed by atoms with Crippen molar-refractivity contribution in [2.75, 3.05) is 5.73 Å². The van der Waals surface area contributed by atoms with Gasteiger partial charge in [-0.2, -0.15) is 15.2 Å². The van der Waals surface area contributed by atoms with Gasteiger partial charge in [0, 0.05) is 6.20 Å². The minimum Gasteiger partial charge on any atom is -0.470 e. The number of halogens is 1. The predicted octanol–water partition coefficient (Wildman–Crippen LogP) is 1.87. The van der Waals surface area contributed by atoms with Crippen LogP contribution in [-0.4, -0.2) is 15.0 Å². The Balaban J connectivity index is 2.25. The van der Waals surface area contributed by atoms with Crippen LogP contribution >= 0.6 is 11.6 Å². The summed E-state index contributed by atoms with van der Waals surface area (Å²) >= 11 is 5.80. The molecular formula is C12H10ClN5O. The predicted molar refractivity (Wildman–Crippen MR) is 69.5 cm³/mol. The van der Waals surface area contributed by atoms with E-state index in [0.717, 1.165) is 11.3 Å². The molecule has 2 aromatic rings. The van der Waals surface area contributed by atoms with Crippen molar-refractivity contribution in [1.82, 2.24) is 15.0 Å². The number of aryl methyl sites for hydroxylation is 1. The van der Waals surface area contributed by atoms with Crippen molar-refractivity contribution in [2.24, 2.45) is 0 Å². The zero-order chi connectivity index (χ0) is 13.8. The Morgan fingerprint density at radius 2 is 2.26 bits per heavy atom. The molecule has 0 aliphatic heterocycles. The summed E-state index contributed by atoms with van der Waals surface area (Å²) in [5, 5.41) is 8.97. The number of nitrogen functional groups attached to an aromatic ring is 1. The van der Waals surface area contributed by atoms with E-state index in [2.05, 4.69) is 15.0 Å². The lowest BCUT2D eigenvalue weighted by Crippen LogP contribution is -2.06. The van der Waals surface area contributed by atoms with E-state index in [9.17, 15) is 0 Å². The second kappa shape index (κ2) is 5.50. The molecule has 0 aliphatic rings. The largest absolute Gasteiger partial charge is 0.470 e. The van der Waals surface area contributed by atoms with Gasteiger partial charge in [0.1, 0.15) is 12.7 Å². The van der Waals surface area contributed by atoms with E-state index in [1.54, 1.807) is 6.20 Å². The second-order valence-electron chi connectivity index (χ2n) is 3.72. The highest BCUT2D eigenvalue weighted by Gasteiger charge is 2.13. The fourth-order valence-corrected chi connectivity index (χ4v) is 1.64. The lowest BCUT2D eigenvalue weighted by Gasteiger charge is -2.09. The van der Waals surface area contributed by atoms with Crippen LogP contribution in [-0.2, 0) is 6.61 Å². The molecule has 0 bridgehead atoms. The van der Waals surface area contributed by atoms with Crippen molar-refractivity contribution in [3.05, 3.63) is 40.3 Å². The first kappa shape index (κ1) is 13.1. The van der Waals surface area contributed by atoms with Crippen LogP contribution in [0.2, 0.25) is 5.15 Å². The highest BCUT2D eigenvalue weighted by atomic mass is 35.5. The number of rotatable bonds is 3. The summed E-state index contributed by atoms with van der Waals surface area (Å²) < 4.78 is 5.46. The highest BCUT2D eigenvalue weighted by molar-refractivity contribution is 6.30. The van der Waals surface area contributed by atoms with Crippen LogP contribution in [0.25, 0.3) is 0 Å². The van der Waals surface area contributed by atoms with E-state index in [1.165, 1.54) is 0 Å². The number of pyridine rings is 1. The zero-order valence-electron chi connectivity index (χ0n) is 10.1. The topological polar surface area (TPSA) is 97.7 Å². The average molecular weight is 276 g/mol. The lowest BCUT2D eigenvalue weighted by molar-refractivity contribution is 0.287. The molecule has 0 radical (unpaired) electrons. The van der Waals surface area contributed by atoms with E-state index < -0.39 is 0 Å². The third-order valence-corrected chi connectivity index (χ3v) is 2.70. The molecular weight excluding hydrogens is 266 g/mol. The number of nitriles is 1. The van der Waals surface area contributed by atoms with Crippen molar-refractivity contribution in [3.63, 3.8) is 0 Å². The van der Waals surface area contributed by atoms with Crippen LogP contribution in [0.15, 0.2) is 18.3 Å². The smallest absolute Gasteiger partial charge is 0.238 e. The number of nitrogens with two attached hydrogens (primary N) is 1. The Labute approximate surface area is 114 Å². The first-order valence-electron chi connectivity index (χ1n) is 5.38. The van der Waals surface area contributed by atoms with Gasteiger partial charge in [-0.1, -0.05) is 17.7 Å². The highest BCUT2D eigenvalue weighted by Crippen LogP contribution is 2.23. The Kier molecular flexibility index (Phi) is 3.78. The monoisotopic (exact) mass is 275 g/mol. The summed E-state index contributed by atoms with van der Waals surface area (Å²) in [6.45, 7) is 2.09. The molecule has 2 N–H and O–H groups in total. The van der Waals surface area contributed by atoms with Crippen molar-refractivity contribution in [3.8, 4) is 11.9 Å². The van der Waals surface area contributed by atoms with Crippen LogP contribution in [0.5, 0.6) is 5.88 Å². The Morgan fingerprint density at radius 1 is 1.47 bits per heavy atom. The van der Waals surface area contributed by atoms with Crippen molar-refractivity contribution in [1.29, 1.82) is 5.26 Å². The summed E-state index contributed by atoms with van der Waals surface area (Å²) in [5.74, 6) is 0.0156. The average Bonchev–Trinajstić information content (AvgIpc) is 2.37. The quantitative estimate of drug-likeness (QED) is 0.859. The molecule has 0 aromatic carbocycles. The van der Waals surface area contributed by atoms with E-state index in [4.69, 9.17) is 27.3 Å². The number of nitrogens with zero attached hydrogens (tertiary/aromatic N) is 4. The van der Waals surface area contributed by atoms with E-state index >= 15 is 0 Å². The fourth-order valence-electron chi connectivity index (χ4n) is 1.43. The first-order valence-corrected chi connectivity index (χ1v) is 5.76. The number of ether oxygens (including phenoxy) is 1. The molecule has 0 unspecified atom stereocenters. The third-order valence-electron chi connectivity index (χ3n) is 2.42. The van der Waals surface area contributed by atoms with Crippen LogP contribution in [0, 0.1) is 18.3 Å². The van der Waals surface area contributed by atoms with Gasteiger partial charge in [-0.3, -0.25) is 4.98 Å². The second-order valence-corrected chi connectivity index (χ2v) is 4.08. The minimum atomic E-state index is -0.0447. The van der Waals surface area contributed by atoms with Gasteiger partial charge in [0.25, 0.3) is 0 Å². The number of aromatic nitrogens is 3. The van der Waals surface area contributed by atoms with Gasteiger partial charge < -0.3 is 10.5 Å². The molecule has 2 aromatic heterocycles. The van der Waals surface area contributed by atoms with Gasteiger partial charge in [0.05, 0.1) is 5.69 Å². The van der Waals surface area contributed by atoms with E-state index in [1.807, 2.05) is 25.1 Å². The molecule has 0 aliphatic carbocycles. The summed E-state index contributed by atoms with van der Waals surface area (Å²) in [7, 11) is 0.